The SMILES string of the molecule is C[C@H]1CO[C@@H]2CCO[C@H]12. The fraction of sp³-hybridized carbons (Fsp3) is 1.00. The molecule has 0 radical (unpaired) electrons. The lowest BCUT2D eigenvalue weighted by Gasteiger charge is -2.08. The molecule has 0 aromatic carbocycles. The maximum absolute atomic E-state index is 5.46. The molecule has 3 atom stereocenters. The molecule has 2 fully saturated rings. The van der Waals surface area contributed by atoms with Gasteiger partial charge in [-0.2, -0.15) is 0 Å². The van der Waals surface area contributed by atoms with E-state index in [9.17, 15) is 0 Å². The smallest absolute Gasteiger partial charge is 0.0884 e. The van der Waals surface area contributed by atoms with Crippen LogP contribution < -0.4 is 0 Å². The van der Waals surface area contributed by atoms with Crippen LogP contribution in [0.25, 0.3) is 0 Å². The lowest BCUT2D eigenvalue weighted by Crippen LogP contribution is -2.19. The van der Waals surface area contributed by atoms with E-state index in [1.807, 2.05) is 0 Å². The van der Waals surface area contributed by atoms with Crippen molar-refractivity contribution in [2.24, 2.45) is 5.92 Å². The minimum absolute atomic E-state index is 0.421. The van der Waals surface area contributed by atoms with Crippen LogP contribution in [0.3, 0.4) is 0 Å². The third kappa shape index (κ3) is 0.775. The Morgan fingerprint density at radius 3 is 3.00 bits per heavy atom. The zero-order valence-electron chi connectivity index (χ0n) is 5.67. The van der Waals surface area contributed by atoms with E-state index in [-0.39, 0.29) is 0 Å². The van der Waals surface area contributed by atoms with E-state index in [1.54, 1.807) is 0 Å². The summed E-state index contributed by atoms with van der Waals surface area (Å²) in [6.45, 7) is 3.99. The summed E-state index contributed by atoms with van der Waals surface area (Å²) in [6, 6.07) is 0. The predicted octanol–water partition coefficient (Wildman–Crippen LogP) is 0.810. The number of hydrogen-bond donors (Lipinski definition) is 0. The first-order valence-electron chi connectivity index (χ1n) is 3.61. The molecule has 0 saturated carbocycles. The van der Waals surface area contributed by atoms with Crippen molar-refractivity contribution in [1.82, 2.24) is 0 Å². The highest BCUT2D eigenvalue weighted by Gasteiger charge is 2.38. The molecule has 2 heterocycles. The summed E-state index contributed by atoms with van der Waals surface area (Å²) in [5.41, 5.74) is 0. The van der Waals surface area contributed by atoms with Crippen LogP contribution in [0.4, 0.5) is 0 Å². The van der Waals surface area contributed by atoms with Crippen molar-refractivity contribution in [1.29, 1.82) is 0 Å². The van der Waals surface area contributed by atoms with Crippen LogP contribution in [0.2, 0.25) is 0 Å². The van der Waals surface area contributed by atoms with E-state index in [0.717, 1.165) is 19.6 Å². The van der Waals surface area contributed by atoms with Gasteiger partial charge in [-0.25, -0.2) is 0 Å². The maximum Gasteiger partial charge on any atom is 0.0884 e. The summed E-state index contributed by atoms with van der Waals surface area (Å²) < 4.78 is 10.9. The van der Waals surface area contributed by atoms with Gasteiger partial charge in [-0.15, -0.1) is 0 Å². The first-order chi connectivity index (χ1) is 4.38. The van der Waals surface area contributed by atoms with Gasteiger partial charge in [0.2, 0.25) is 0 Å². The molecule has 2 aliphatic heterocycles. The Morgan fingerprint density at radius 1 is 1.33 bits per heavy atom. The Balaban J connectivity index is 2.07. The molecule has 0 aromatic rings. The van der Waals surface area contributed by atoms with Crippen molar-refractivity contribution in [3.63, 3.8) is 0 Å². The minimum atomic E-state index is 0.421. The topological polar surface area (TPSA) is 18.5 Å². The van der Waals surface area contributed by atoms with Gasteiger partial charge in [-0.3, -0.25) is 0 Å². The van der Waals surface area contributed by atoms with Crippen LogP contribution in [-0.2, 0) is 9.47 Å². The van der Waals surface area contributed by atoms with Crippen LogP contribution in [0.1, 0.15) is 13.3 Å². The third-order valence-corrected chi connectivity index (χ3v) is 2.21. The molecule has 9 heavy (non-hydrogen) atoms. The second-order valence-corrected chi connectivity index (χ2v) is 2.97. The van der Waals surface area contributed by atoms with Gasteiger partial charge in [0.15, 0.2) is 0 Å². The number of hydrogen-bond acceptors (Lipinski definition) is 2. The predicted molar refractivity (Wildman–Crippen MR) is 33.3 cm³/mol. The van der Waals surface area contributed by atoms with Crippen molar-refractivity contribution >= 4 is 0 Å². The molecule has 0 spiro atoms. The summed E-state index contributed by atoms with van der Waals surface area (Å²) in [5.74, 6) is 0.623. The average molecular weight is 128 g/mol. The van der Waals surface area contributed by atoms with E-state index >= 15 is 0 Å². The quantitative estimate of drug-likeness (QED) is 0.480. The average Bonchev–Trinajstić information content (AvgIpc) is 2.35. The fourth-order valence-corrected chi connectivity index (χ4v) is 1.67. The van der Waals surface area contributed by atoms with Gasteiger partial charge in [0.25, 0.3) is 0 Å². The molecule has 2 rings (SSSR count). The van der Waals surface area contributed by atoms with Gasteiger partial charge in [-0.05, 0) is 6.42 Å². The lowest BCUT2D eigenvalue weighted by atomic mass is 10.1. The number of ether oxygens (including phenoxy) is 2. The summed E-state index contributed by atoms with van der Waals surface area (Å²) >= 11 is 0. The standard InChI is InChI=1S/C7H12O2/c1-5-4-9-6-2-3-8-7(5)6/h5-7H,2-4H2,1H3/t5-,6+,7+/m0/s1. The third-order valence-electron chi connectivity index (χ3n) is 2.21. The van der Waals surface area contributed by atoms with E-state index in [2.05, 4.69) is 6.92 Å². The monoisotopic (exact) mass is 128 g/mol. The van der Waals surface area contributed by atoms with Crippen LogP contribution in [0.5, 0.6) is 0 Å². The van der Waals surface area contributed by atoms with Crippen molar-refractivity contribution in [3.05, 3.63) is 0 Å². The summed E-state index contributed by atoms with van der Waals surface area (Å²) in [6.07, 6.45) is 1.96. The highest BCUT2D eigenvalue weighted by Crippen LogP contribution is 2.29. The molecule has 0 aromatic heterocycles. The van der Waals surface area contributed by atoms with Gasteiger partial charge in [0, 0.05) is 12.5 Å². The number of fused-ring (bicyclic) bond motifs is 1. The first-order valence-corrected chi connectivity index (χ1v) is 3.61. The number of rotatable bonds is 0. The van der Waals surface area contributed by atoms with Crippen molar-refractivity contribution < 1.29 is 9.47 Å². The molecule has 0 N–H and O–H groups in total. The van der Waals surface area contributed by atoms with Gasteiger partial charge in [-0.1, -0.05) is 6.92 Å². The van der Waals surface area contributed by atoms with Crippen LogP contribution in [-0.4, -0.2) is 25.4 Å². The van der Waals surface area contributed by atoms with E-state index in [4.69, 9.17) is 9.47 Å². The molecular formula is C7H12O2. The minimum Gasteiger partial charge on any atom is -0.375 e. The Kier molecular flexibility index (Phi) is 1.24. The van der Waals surface area contributed by atoms with Gasteiger partial charge < -0.3 is 9.47 Å². The normalized spacial score (nSPS) is 49.7. The molecule has 2 heteroatoms. The molecule has 0 amide bonds. The Labute approximate surface area is 55.1 Å². The molecule has 0 aliphatic carbocycles. The summed E-state index contributed by atoms with van der Waals surface area (Å²) in [7, 11) is 0. The molecule has 2 aliphatic rings. The van der Waals surface area contributed by atoms with E-state index in [1.165, 1.54) is 0 Å². The summed E-state index contributed by atoms with van der Waals surface area (Å²) in [5, 5.41) is 0. The fourth-order valence-electron chi connectivity index (χ4n) is 1.67. The lowest BCUT2D eigenvalue weighted by molar-refractivity contribution is 0.0658. The zero-order valence-corrected chi connectivity index (χ0v) is 5.67. The zero-order chi connectivity index (χ0) is 6.27. The van der Waals surface area contributed by atoms with Gasteiger partial charge in [0.05, 0.1) is 18.8 Å². The Morgan fingerprint density at radius 2 is 2.22 bits per heavy atom. The highest BCUT2D eigenvalue weighted by molar-refractivity contribution is 4.86. The Bertz CT molecular complexity index is 113. The molecule has 52 valence electrons. The van der Waals surface area contributed by atoms with Crippen LogP contribution >= 0.6 is 0 Å². The van der Waals surface area contributed by atoms with Crippen molar-refractivity contribution in [2.45, 2.75) is 25.6 Å². The molecule has 0 bridgehead atoms. The second kappa shape index (κ2) is 1.96. The molecule has 0 unspecified atom stereocenters. The van der Waals surface area contributed by atoms with Crippen LogP contribution in [0, 0.1) is 5.92 Å². The van der Waals surface area contributed by atoms with E-state index in [0.29, 0.717) is 18.1 Å². The summed E-state index contributed by atoms with van der Waals surface area (Å²) in [4.78, 5) is 0. The van der Waals surface area contributed by atoms with Crippen LogP contribution in [0.15, 0.2) is 0 Å². The molecule has 2 nitrogen and oxygen atoms in total. The largest absolute Gasteiger partial charge is 0.375 e. The van der Waals surface area contributed by atoms with E-state index < -0.39 is 0 Å². The first kappa shape index (κ1) is 5.69. The highest BCUT2D eigenvalue weighted by atomic mass is 16.6. The molecular weight excluding hydrogens is 116 g/mol. The maximum atomic E-state index is 5.46. The van der Waals surface area contributed by atoms with Gasteiger partial charge >= 0.3 is 0 Å². The van der Waals surface area contributed by atoms with Crippen molar-refractivity contribution in [2.75, 3.05) is 13.2 Å². The second-order valence-electron chi connectivity index (χ2n) is 2.97. The van der Waals surface area contributed by atoms with Gasteiger partial charge in [0.1, 0.15) is 0 Å². The molecule has 2 saturated heterocycles. The Hall–Kier alpha value is -0.0800. The van der Waals surface area contributed by atoms with Crippen molar-refractivity contribution in [3.8, 4) is 0 Å².